The number of rotatable bonds is 10. The molecular weight excluding hydrogens is 451 g/mol. The van der Waals surface area contributed by atoms with E-state index in [-0.39, 0.29) is 17.6 Å². The number of benzene rings is 3. The lowest BCUT2D eigenvalue weighted by atomic mass is 9.97. The standard InChI is InChI=1S/C27H31FN2O3S/c1-19(2)34(32,33)30-18-20(3)22-8-10-24(11-9-22)23-6-4-21(5-7-23)16-17-29-27(31)25-12-14-26(28)15-13-25/h4-15,19-20,30H,16-18H2,1-3H3,(H,29,31). The molecule has 0 aliphatic rings. The van der Waals surface area contributed by atoms with E-state index in [2.05, 4.69) is 10.0 Å². The number of sulfonamides is 1. The fraction of sp³-hybridized carbons (Fsp3) is 0.296. The van der Waals surface area contributed by atoms with Crippen LogP contribution in [-0.2, 0) is 16.4 Å². The fourth-order valence-corrected chi connectivity index (χ4v) is 4.23. The van der Waals surface area contributed by atoms with Crippen LogP contribution in [0.3, 0.4) is 0 Å². The molecule has 0 saturated heterocycles. The number of halogens is 1. The normalized spacial score (nSPS) is 12.5. The highest BCUT2D eigenvalue weighted by atomic mass is 32.2. The van der Waals surface area contributed by atoms with Gasteiger partial charge in [-0.25, -0.2) is 17.5 Å². The second kappa shape index (κ2) is 11.4. The quantitative estimate of drug-likeness (QED) is 0.432. The highest BCUT2D eigenvalue weighted by Gasteiger charge is 2.17. The van der Waals surface area contributed by atoms with Crippen molar-refractivity contribution < 1.29 is 17.6 Å². The van der Waals surface area contributed by atoms with Crippen molar-refractivity contribution in [2.45, 2.75) is 38.4 Å². The van der Waals surface area contributed by atoms with Gasteiger partial charge in [0.05, 0.1) is 5.25 Å². The topological polar surface area (TPSA) is 75.3 Å². The molecule has 0 saturated carbocycles. The smallest absolute Gasteiger partial charge is 0.251 e. The van der Waals surface area contributed by atoms with Crippen LogP contribution in [0.5, 0.6) is 0 Å². The van der Waals surface area contributed by atoms with Crippen LogP contribution < -0.4 is 10.0 Å². The molecule has 0 fully saturated rings. The third-order valence-corrected chi connectivity index (χ3v) is 7.59. The van der Waals surface area contributed by atoms with Gasteiger partial charge in [0.2, 0.25) is 10.0 Å². The van der Waals surface area contributed by atoms with Gasteiger partial charge in [0.1, 0.15) is 5.82 Å². The second-order valence-electron chi connectivity index (χ2n) is 8.67. The lowest BCUT2D eigenvalue weighted by molar-refractivity contribution is 0.0954. The summed E-state index contributed by atoms with van der Waals surface area (Å²) in [6.45, 7) is 6.19. The first-order valence-corrected chi connectivity index (χ1v) is 12.9. The van der Waals surface area contributed by atoms with Crippen LogP contribution in [-0.4, -0.2) is 32.7 Å². The van der Waals surface area contributed by atoms with Crippen LogP contribution in [0.4, 0.5) is 4.39 Å². The minimum absolute atomic E-state index is 0.0649. The Morgan fingerprint density at radius 1 is 0.853 bits per heavy atom. The molecule has 3 aromatic rings. The van der Waals surface area contributed by atoms with Crippen LogP contribution in [0.15, 0.2) is 72.8 Å². The Kier molecular flexibility index (Phi) is 8.58. The van der Waals surface area contributed by atoms with E-state index >= 15 is 0 Å². The molecule has 0 bridgehead atoms. The Morgan fingerprint density at radius 2 is 1.41 bits per heavy atom. The predicted octanol–water partition coefficient (Wildman–Crippen LogP) is 4.90. The lowest BCUT2D eigenvalue weighted by Gasteiger charge is -2.15. The predicted molar refractivity (Wildman–Crippen MR) is 135 cm³/mol. The Labute approximate surface area is 201 Å². The van der Waals surface area contributed by atoms with Crippen molar-refractivity contribution in [2.24, 2.45) is 0 Å². The van der Waals surface area contributed by atoms with Crippen LogP contribution >= 0.6 is 0 Å². The molecule has 2 N–H and O–H groups in total. The Bertz CT molecular complexity index is 1190. The summed E-state index contributed by atoms with van der Waals surface area (Å²) in [4.78, 5) is 12.1. The minimum atomic E-state index is -3.27. The maximum Gasteiger partial charge on any atom is 0.251 e. The summed E-state index contributed by atoms with van der Waals surface area (Å²) in [6.07, 6.45) is 0.690. The van der Waals surface area contributed by atoms with Gasteiger partial charge < -0.3 is 5.32 Å². The summed E-state index contributed by atoms with van der Waals surface area (Å²) in [5.74, 6) is -0.520. The third-order valence-electron chi connectivity index (χ3n) is 5.78. The molecule has 1 atom stereocenters. The van der Waals surface area contributed by atoms with Gasteiger partial charge in [-0.15, -0.1) is 0 Å². The van der Waals surface area contributed by atoms with Crippen molar-refractivity contribution in [3.05, 3.63) is 95.3 Å². The molecule has 0 aromatic heterocycles. The molecule has 1 unspecified atom stereocenters. The van der Waals surface area contributed by atoms with Gasteiger partial charge in [0.15, 0.2) is 0 Å². The van der Waals surface area contributed by atoms with Crippen molar-refractivity contribution >= 4 is 15.9 Å². The first-order chi connectivity index (χ1) is 16.2. The Hall–Kier alpha value is -3.03. The first kappa shape index (κ1) is 25.6. The molecule has 0 radical (unpaired) electrons. The minimum Gasteiger partial charge on any atom is -0.352 e. The first-order valence-electron chi connectivity index (χ1n) is 11.4. The fourth-order valence-electron chi connectivity index (χ4n) is 3.42. The van der Waals surface area contributed by atoms with Crippen molar-refractivity contribution in [3.63, 3.8) is 0 Å². The summed E-state index contributed by atoms with van der Waals surface area (Å²) in [5.41, 5.74) is 4.77. The lowest BCUT2D eigenvalue weighted by Crippen LogP contribution is -2.33. The monoisotopic (exact) mass is 482 g/mol. The van der Waals surface area contributed by atoms with E-state index in [1.807, 2.05) is 55.5 Å². The molecule has 0 spiro atoms. The molecule has 1 amide bonds. The molecule has 34 heavy (non-hydrogen) atoms. The summed E-state index contributed by atoms with van der Waals surface area (Å²) < 4.78 is 39.6. The van der Waals surface area contributed by atoms with E-state index in [4.69, 9.17) is 0 Å². The number of carbonyl (C=O) groups is 1. The van der Waals surface area contributed by atoms with Gasteiger partial charge in [-0.3, -0.25) is 4.79 Å². The molecule has 5 nitrogen and oxygen atoms in total. The number of amides is 1. The van der Waals surface area contributed by atoms with E-state index < -0.39 is 15.3 Å². The molecular formula is C27H31FN2O3S. The zero-order chi connectivity index (χ0) is 24.7. The Balaban J connectivity index is 1.52. The number of hydrogen-bond donors (Lipinski definition) is 2. The maximum absolute atomic E-state index is 13.0. The van der Waals surface area contributed by atoms with E-state index in [9.17, 15) is 17.6 Å². The maximum atomic E-state index is 13.0. The third kappa shape index (κ3) is 6.98. The van der Waals surface area contributed by atoms with E-state index in [0.29, 0.717) is 25.1 Å². The van der Waals surface area contributed by atoms with Gasteiger partial charge in [-0.1, -0.05) is 55.5 Å². The van der Waals surface area contributed by atoms with E-state index in [1.165, 1.54) is 24.3 Å². The molecule has 7 heteroatoms. The summed E-state index contributed by atoms with van der Waals surface area (Å²) in [5, 5.41) is 2.40. The Morgan fingerprint density at radius 3 is 1.97 bits per heavy atom. The van der Waals surface area contributed by atoms with Crippen LogP contribution in [0.2, 0.25) is 0 Å². The molecule has 180 valence electrons. The zero-order valence-corrected chi connectivity index (χ0v) is 20.5. The van der Waals surface area contributed by atoms with Gasteiger partial charge in [-0.05, 0) is 72.7 Å². The van der Waals surface area contributed by atoms with Crippen molar-refractivity contribution in [1.82, 2.24) is 10.0 Å². The van der Waals surface area contributed by atoms with E-state index in [0.717, 1.165) is 22.3 Å². The van der Waals surface area contributed by atoms with Gasteiger partial charge >= 0.3 is 0 Å². The second-order valence-corrected chi connectivity index (χ2v) is 11.0. The van der Waals surface area contributed by atoms with Gasteiger partial charge in [-0.2, -0.15) is 0 Å². The molecule has 3 aromatic carbocycles. The van der Waals surface area contributed by atoms with Crippen molar-refractivity contribution in [2.75, 3.05) is 13.1 Å². The highest BCUT2D eigenvalue weighted by Crippen LogP contribution is 2.23. The molecule has 0 heterocycles. The number of nitrogens with one attached hydrogen (secondary N) is 2. The van der Waals surface area contributed by atoms with Crippen molar-refractivity contribution in [1.29, 1.82) is 0 Å². The van der Waals surface area contributed by atoms with Crippen LogP contribution in [0.1, 0.15) is 48.2 Å². The van der Waals surface area contributed by atoms with Crippen molar-refractivity contribution in [3.8, 4) is 11.1 Å². The molecule has 0 aliphatic carbocycles. The van der Waals surface area contributed by atoms with Crippen LogP contribution in [0, 0.1) is 5.82 Å². The average molecular weight is 483 g/mol. The molecule has 3 rings (SSSR count). The zero-order valence-electron chi connectivity index (χ0n) is 19.7. The average Bonchev–Trinajstić information content (AvgIpc) is 2.83. The summed E-state index contributed by atoms with van der Waals surface area (Å²) in [7, 11) is -3.27. The summed E-state index contributed by atoms with van der Waals surface area (Å²) in [6, 6.07) is 21.8. The van der Waals surface area contributed by atoms with Gasteiger partial charge in [0.25, 0.3) is 5.91 Å². The molecule has 0 aliphatic heterocycles. The SMILES string of the molecule is CC(CNS(=O)(=O)C(C)C)c1ccc(-c2ccc(CCNC(=O)c3ccc(F)cc3)cc2)cc1. The number of hydrogen-bond acceptors (Lipinski definition) is 3. The highest BCUT2D eigenvalue weighted by molar-refractivity contribution is 7.90. The van der Waals surface area contributed by atoms with Crippen LogP contribution in [0.25, 0.3) is 11.1 Å². The van der Waals surface area contributed by atoms with Gasteiger partial charge in [0, 0.05) is 18.7 Å². The summed E-state index contributed by atoms with van der Waals surface area (Å²) >= 11 is 0. The number of carbonyl (C=O) groups excluding carboxylic acids is 1. The van der Waals surface area contributed by atoms with E-state index in [1.54, 1.807) is 13.8 Å². The largest absolute Gasteiger partial charge is 0.352 e.